The number of hydrogen-bond acceptors (Lipinski definition) is 2. The van der Waals surface area contributed by atoms with E-state index in [2.05, 4.69) is 0 Å². The summed E-state index contributed by atoms with van der Waals surface area (Å²) in [5.41, 5.74) is 0.576. The predicted octanol–water partition coefficient (Wildman–Crippen LogP) is 1.84. The minimum Gasteiger partial charge on any atom is -0.507 e. The van der Waals surface area contributed by atoms with Gasteiger partial charge in [0.2, 0.25) is 0 Å². The molecule has 4 heteroatoms. The van der Waals surface area contributed by atoms with Crippen LogP contribution in [0.3, 0.4) is 0 Å². The van der Waals surface area contributed by atoms with Crippen molar-refractivity contribution in [1.29, 1.82) is 0 Å². The summed E-state index contributed by atoms with van der Waals surface area (Å²) in [6.45, 7) is 0. The molecule has 0 aliphatic carbocycles. The smallest absolute Gasteiger partial charge is 0.166 e. The first kappa shape index (κ1) is 8.74. The van der Waals surface area contributed by atoms with Crippen LogP contribution in [-0.4, -0.2) is 16.0 Å². The van der Waals surface area contributed by atoms with Gasteiger partial charge >= 0.3 is 0 Å². The molecule has 14 heavy (non-hydrogen) atoms. The first-order valence-corrected chi connectivity index (χ1v) is 4.07. The molecular formula is C10H8FNO2. The zero-order valence-corrected chi connectivity index (χ0v) is 7.49. The molecule has 72 valence electrons. The topological polar surface area (TPSA) is 42.2 Å². The number of carbonyl (C=O) groups is 1. The Morgan fingerprint density at radius 1 is 1.50 bits per heavy atom. The van der Waals surface area contributed by atoms with Crippen molar-refractivity contribution < 1.29 is 14.3 Å². The van der Waals surface area contributed by atoms with Crippen molar-refractivity contribution >= 4 is 17.2 Å². The largest absolute Gasteiger partial charge is 0.507 e. The van der Waals surface area contributed by atoms with Crippen LogP contribution in [0.2, 0.25) is 0 Å². The molecule has 1 aromatic carbocycles. The van der Waals surface area contributed by atoms with Crippen LogP contribution in [0, 0.1) is 5.82 Å². The molecule has 1 aromatic heterocycles. The van der Waals surface area contributed by atoms with E-state index in [4.69, 9.17) is 0 Å². The summed E-state index contributed by atoms with van der Waals surface area (Å²) >= 11 is 0. The van der Waals surface area contributed by atoms with Gasteiger partial charge in [-0.2, -0.15) is 0 Å². The molecule has 0 saturated heterocycles. The van der Waals surface area contributed by atoms with Crippen molar-refractivity contribution in [2.24, 2.45) is 7.05 Å². The number of aromatic hydroxyl groups is 1. The van der Waals surface area contributed by atoms with Gasteiger partial charge in [0.1, 0.15) is 11.6 Å². The number of aldehydes is 1. The van der Waals surface area contributed by atoms with Crippen LogP contribution in [0.4, 0.5) is 4.39 Å². The Morgan fingerprint density at radius 3 is 2.79 bits per heavy atom. The Bertz CT molecular complexity index is 516. The van der Waals surface area contributed by atoms with E-state index in [-0.39, 0.29) is 11.3 Å². The molecule has 2 aromatic rings. The third-order valence-electron chi connectivity index (χ3n) is 2.28. The van der Waals surface area contributed by atoms with Gasteiger partial charge in [-0.1, -0.05) is 0 Å². The third-order valence-corrected chi connectivity index (χ3v) is 2.28. The maximum absolute atomic E-state index is 13.3. The van der Waals surface area contributed by atoms with Crippen LogP contribution in [-0.2, 0) is 7.05 Å². The van der Waals surface area contributed by atoms with Crippen molar-refractivity contribution in [2.75, 3.05) is 0 Å². The van der Waals surface area contributed by atoms with Crippen LogP contribution >= 0.6 is 0 Å². The standard InChI is InChI=1S/C10H8FNO2/c1-12-6(5-13)4-7-9(14)3-2-8(11)10(7)12/h2-5,14H,1H3. The molecule has 0 spiro atoms. The molecule has 0 atom stereocenters. The van der Waals surface area contributed by atoms with Crippen LogP contribution < -0.4 is 0 Å². The first-order valence-electron chi connectivity index (χ1n) is 4.07. The van der Waals surface area contributed by atoms with E-state index in [0.29, 0.717) is 17.4 Å². The number of phenolic OH excluding ortho intramolecular Hbond substituents is 1. The van der Waals surface area contributed by atoms with Crippen molar-refractivity contribution in [3.63, 3.8) is 0 Å². The van der Waals surface area contributed by atoms with E-state index in [1.165, 1.54) is 22.8 Å². The van der Waals surface area contributed by atoms with E-state index in [0.717, 1.165) is 0 Å². The number of nitrogens with zero attached hydrogens (tertiary/aromatic N) is 1. The second kappa shape index (κ2) is 2.83. The Balaban J connectivity index is 2.97. The molecule has 0 radical (unpaired) electrons. The summed E-state index contributed by atoms with van der Waals surface area (Å²) in [6, 6.07) is 3.90. The minimum absolute atomic E-state index is 0.0231. The van der Waals surface area contributed by atoms with Crippen LogP contribution in [0.25, 0.3) is 10.9 Å². The van der Waals surface area contributed by atoms with E-state index >= 15 is 0 Å². The maximum atomic E-state index is 13.3. The van der Waals surface area contributed by atoms with E-state index in [9.17, 15) is 14.3 Å². The summed E-state index contributed by atoms with van der Waals surface area (Å²) in [5.74, 6) is -0.474. The van der Waals surface area contributed by atoms with E-state index < -0.39 is 5.82 Å². The zero-order valence-electron chi connectivity index (χ0n) is 7.49. The number of rotatable bonds is 1. The summed E-state index contributed by atoms with van der Waals surface area (Å²) < 4.78 is 14.7. The second-order valence-corrected chi connectivity index (χ2v) is 3.07. The molecule has 0 bridgehead atoms. The van der Waals surface area contributed by atoms with Gasteiger partial charge in [-0.15, -0.1) is 0 Å². The molecule has 0 aliphatic rings. The molecular weight excluding hydrogens is 185 g/mol. The highest BCUT2D eigenvalue weighted by molar-refractivity contribution is 5.92. The van der Waals surface area contributed by atoms with Crippen molar-refractivity contribution in [1.82, 2.24) is 4.57 Å². The number of carbonyl (C=O) groups excluding carboxylic acids is 1. The fraction of sp³-hybridized carbons (Fsp3) is 0.100. The Kier molecular flexibility index (Phi) is 1.77. The Labute approximate surface area is 79.4 Å². The quantitative estimate of drug-likeness (QED) is 0.702. The number of fused-ring (bicyclic) bond motifs is 1. The highest BCUT2D eigenvalue weighted by atomic mass is 19.1. The lowest BCUT2D eigenvalue weighted by molar-refractivity contribution is 0.111. The SMILES string of the molecule is Cn1c(C=O)cc2c(O)ccc(F)c21. The molecule has 1 heterocycles. The zero-order chi connectivity index (χ0) is 10.3. The molecule has 0 fully saturated rings. The van der Waals surface area contributed by atoms with Crippen molar-refractivity contribution in [2.45, 2.75) is 0 Å². The van der Waals surface area contributed by atoms with Crippen LogP contribution in [0.15, 0.2) is 18.2 Å². The lowest BCUT2D eigenvalue weighted by atomic mass is 10.2. The number of aryl methyl sites for hydroxylation is 1. The average Bonchev–Trinajstić information content (AvgIpc) is 2.51. The molecule has 2 rings (SSSR count). The van der Waals surface area contributed by atoms with Gasteiger partial charge < -0.3 is 9.67 Å². The summed E-state index contributed by atoms with van der Waals surface area (Å²) in [7, 11) is 1.58. The number of aromatic nitrogens is 1. The highest BCUT2D eigenvalue weighted by Crippen LogP contribution is 2.28. The highest BCUT2D eigenvalue weighted by Gasteiger charge is 2.12. The fourth-order valence-electron chi connectivity index (χ4n) is 1.54. The van der Waals surface area contributed by atoms with Crippen molar-refractivity contribution in [3.8, 4) is 5.75 Å². The third kappa shape index (κ3) is 1.00. The molecule has 0 saturated carbocycles. The number of benzene rings is 1. The number of hydrogen-bond donors (Lipinski definition) is 1. The monoisotopic (exact) mass is 193 g/mol. The number of phenols is 1. The number of halogens is 1. The van der Waals surface area contributed by atoms with Crippen LogP contribution in [0.5, 0.6) is 5.75 Å². The van der Waals surface area contributed by atoms with Gasteiger partial charge in [0.25, 0.3) is 0 Å². The molecule has 0 amide bonds. The predicted molar refractivity (Wildman–Crippen MR) is 49.9 cm³/mol. The van der Waals surface area contributed by atoms with E-state index in [1.54, 1.807) is 7.05 Å². The molecule has 3 nitrogen and oxygen atoms in total. The molecule has 0 aliphatic heterocycles. The first-order chi connectivity index (χ1) is 6.65. The van der Waals surface area contributed by atoms with Gasteiger partial charge in [-0.25, -0.2) is 4.39 Å². The van der Waals surface area contributed by atoms with Gasteiger partial charge in [0.05, 0.1) is 11.2 Å². The van der Waals surface area contributed by atoms with Crippen molar-refractivity contribution in [3.05, 3.63) is 29.7 Å². The fourth-order valence-corrected chi connectivity index (χ4v) is 1.54. The maximum Gasteiger partial charge on any atom is 0.166 e. The normalized spacial score (nSPS) is 10.7. The second-order valence-electron chi connectivity index (χ2n) is 3.07. The Hall–Kier alpha value is -1.84. The van der Waals surface area contributed by atoms with Gasteiger partial charge in [-0.3, -0.25) is 4.79 Å². The average molecular weight is 193 g/mol. The Morgan fingerprint density at radius 2 is 2.21 bits per heavy atom. The van der Waals surface area contributed by atoms with Gasteiger partial charge in [0.15, 0.2) is 6.29 Å². The lowest BCUT2D eigenvalue weighted by Gasteiger charge is -2.00. The minimum atomic E-state index is -0.451. The molecule has 1 N–H and O–H groups in total. The van der Waals surface area contributed by atoms with E-state index in [1.807, 2.05) is 0 Å². The van der Waals surface area contributed by atoms with Gasteiger partial charge in [-0.05, 0) is 18.2 Å². The van der Waals surface area contributed by atoms with Gasteiger partial charge in [0, 0.05) is 12.4 Å². The summed E-state index contributed by atoms with van der Waals surface area (Å²) in [4.78, 5) is 10.6. The lowest BCUT2D eigenvalue weighted by Crippen LogP contribution is -1.95. The summed E-state index contributed by atoms with van der Waals surface area (Å²) in [5, 5.41) is 9.79. The molecule has 0 unspecified atom stereocenters. The summed E-state index contributed by atoms with van der Waals surface area (Å²) in [6.07, 6.45) is 0.624. The van der Waals surface area contributed by atoms with Crippen LogP contribution in [0.1, 0.15) is 10.5 Å².